The van der Waals surface area contributed by atoms with Crippen molar-refractivity contribution in [1.82, 2.24) is 14.8 Å². The van der Waals surface area contributed by atoms with E-state index >= 15 is 0 Å². The Kier molecular flexibility index (Phi) is 4.81. The summed E-state index contributed by atoms with van der Waals surface area (Å²) < 4.78 is 38.8. The van der Waals surface area contributed by atoms with Crippen molar-refractivity contribution >= 4 is 17.6 Å². The Morgan fingerprint density at radius 2 is 2.00 bits per heavy atom. The Balaban J connectivity index is 1.84. The summed E-state index contributed by atoms with van der Waals surface area (Å²) in [4.78, 5) is 33.2. The number of hydrogen-bond donors (Lipinski definition) is 0. The van der Waals surface area contributed by atoms with E-state index < -0.39 is 11.9 Å². The van der Waals surface area contributed by atoms with Crippen LogP contribution in [0, 0.1) is 5.92 Å². The van der Waals surface area contributed by atoms with E-state index in [0.29, 0.717) is 19.5 Å². The van der Waals surface area contributed by atoms with E-state index in [1.807, 2.05) is 0 Å². The van der Waals surface area contributed by atoms with Crippen molar-refractivity contribution in [3.8, 4) is 0 Å². The Bertz CT molecular complexity index is 707. The van der Waals surface area contributed by atoms with E-state index in [2.05, 4.69) is 4.98 Å². The smallest absolute Gasteiger partial charge is 0.354 e. The summed E-state index contributed by atoms with van der Waals surface area (Å²) in [7, 11) is 3.25. The molecule has 0 aromatic carbocycles. The van der Waals surface area contributed by atoms with Crippen molar-refractivity contribution < 1.29 is 22.8 Å². The zero-order chi connectivity index (χ0) is 19.1. The molecule has 0 radical (unpaired) electrons. The van der Waals surface area contributed by atoms with E-state index in [0.717, 1.165) is 12.5 Å². The zero-order valence-corrected chi connectivity index (χ0v) is 14.7. The zero-order valence-electron chi connectivity index (χ0n) is 14.7. The van der Waals surface area contributed by atoms with Gasteiger partial charge < -0.3 is 14.7 Å². The normalized spacial score (nSPS) is 23.2. The lowest BCUT2D eigenvalue weighted by Crippen LogP contribution is -2.51. The lowest BCUT2D eigenvalue weighted by Gasteiger charge is -2.35. The van der Waals surface area contributed by atoms with Gasteiger partial charge in [0.25, 0.3) is 0 Å². The molecule has 1 aromatic heterocycles. The molecule has 2 atom stereocenters. The number of halogens is 3. The third-order valence-electron chi connectivity index (χ3n) is 4.95. The molecule has 3 saturated heterocycles. The molecule has 1 aromatic rings. The summed E-state index contributed by atoms with van der Waals surface area (Å²) in [6, 6.07) is 3.58. The van der Waals surface area contributed by atoms with Gasteiger partial charge in [-0.2, -0.15) is 13.2 Å². The number of alkyl halides is 3. The average Bonchev–Trinajstić information content (AvgIpc) is 2.87. The van der Waals surface area contributed by atoms with E-state index in [9.17, 15) is 22.8 Å². The summed E-state index contributed by atoms with van der Waals surface area (Å²) >= 11 is 0. The second-order valence-corrected chi connectivity index (χ2v) is 6.97. The first kappa shape index (κ1) is 18.5. The van der Waals surface area contributed by atoms with Crippen LogP contribution in [0.25, 0.3) is 0 Å². The first-order chi connectivity index (χ1) is 12.2. The molecule has 0 saturated carbocycles. The number of hydrogen-bond acceptors (Lipinski definition) is 4. The Labute approximate surface area is 149 Å². The molecule has 3 fully saturated rings. The molecule has 3 aliphatic rings. The molecule has 0 unspecified atom stereocenters. The minimum atomic E-state index is -4.51. The van der Waals surface area contributed by atoms with Crippen molar-refractivity contribution in [3.63, 3.8) is 0 Å². The van der Waals surface area contributed by atoms with Crippen molar-refractivity contribution in [3.05, 3.63) is 23.9 Å². The molecule has 26 heavy (non-hydrogen) atoms. The monoisotopic (exact) mass is 370 g/mol. The molecule has 0 spiro atoms. The molecular weight excluding hydrogens is 349 g/mol. The number of anilines is 1. The second-order valence-electron chi connectivity index (χ2n) is 6.97. The maximum atomic E-state index is 12.9. The Morgan fingerprint density at radius 3 is 2.65 bits per heavy atom. The van der Waals surface area contributed by atoms with Crippen LogP contribution in [0.2, 0.25) is 0 Å². The molecular formula is C17H21F3N4O2. The van der Waals surface area contributed by atoms with Crippen molar-refractivity contribution in [1.29, 1.82) is 0 Å². The standard InChI is InChI=1S/C17H21F3N4O2/c1-22(2)15(25)10-24-12-7-6-11(16(24)26)8-23(9-12)14-5-3-4-13(21-14)17(18,19)20/h3-5,11-12H,6-10H2,1-2H3/t11-,12+/m0/s1. The van der Waals surface area contributed by atoms with Gasteiger partial charge in [0.05, 0.1) is 5.92 Å². The van der Waals surface area contributed by atoms with Crippen LogP contribution < -0.4 is 4.90 Å². The van der Waals surface area contributed by atoms with Crippen LogP contribution in [-0.4, -0.2) is 66.4 Å². The second kappa shape index (κ2) is 6.77. The quantitative estimate of drug-likeness (QED) is 0.811. The van der Waals surface area contributed by atoms with Crippen molar-refractivity contribution in [2.45, 2.75) is 25.1 Å². The number of carbonyl (C=O) groups excluding carboxylic acids is 2. The number of pyridine rings is 1. The first-order valence-corrected chi connectivity index (χ1v) is 8.46. The maximum absolute atomic E-state index is 12.9. The predicted molar refractivity (Wildman–Crippen MR) is 88.4 cm³/mol. The van der Waals surface area contributed by atoms with Crippen molar-refractivity contribution in [2.75, 3.05) is 38.6 Å². The summed E-state index contributed by atoms with van der Waals surface area (Å²) in [5.41, 5.74) is -0.947. The third kappa shape index (κ3) is 3.61. The topological polar surface area (TPSA) is 56.8 Å². The summed E-state index contributed by atoms with van der Waals surface area (Å²) in [5.74, 6) is -0.397. The molecule has 2 amide bonds. The Hall–Kier alpha value is -2.32. The van der Waals surface area contributed by atoms with Crippen LogP contribution in [0.4, 0.5) is 19.0 Å². The van der Waals surface area contributed by atoms with E-state index in [1.54, 1.807) is 23.9 Å². The molecule has 4 heterocycles. The highest BCUT2D eigenvalue weighted by Crippen LogP contribution is 2.33. The van der Waals surface area contributed by atoms with E-state index in [1.165, 1.54) is 17.0 Å². The fraction of sp³-hybridized carbons (Fsp3) is 0.588. The highest BCUT2D eigenvalue weighted by molar-refractivity contribution is 5.87. The van der Waals surface area contributed by atoms with E-state index in [4.69, 9.17) is 0 Å². The fourth-order valence-electron chi connectivity index (χ4n) is 3.48. The molecule has 2 bridgehead atoms. The van der Waals surface area contributed by atoms with Gasteiger partial charge in [0, 0.05) is 33.2 Å². The van der Waals surface area contributed by atoms with Crippen LogP contribution in [0.5, 0.6) is 0 Å². The van der Waals surface area contributed by atoms with E-state index in [-0.39, 0.29) is 36.1 Å². The highest BCUT2D eigenvalue weighted by atomic mass is 19.4. The van der Waals surface area contributed by atoms with Crippen LogP contribution in [0.15, 0.2) is 18.2 Å². The van der Waals surface area contributed by atoms with Gasteiger partial charge in [-0.25, -0.2) is 4.98 Å². The summed E-state index contributed by atoms with van der Waals surface area (Å²) in [6.07, 6.45) is -3.11. The molecule has 4 rings (SSSR count). The van der Waals surface area contributed by atoms with Crippen LogP contribution in [-0.2, 0) is 15.8 Å². The van der Waals surface area contributed by atoms with Gasteiger partial charge in [0.1, 0.15) is 18.1 Å². The molecule has 0 N–H and O–H groups in total. The SMILES string of the molecule is CN(C)C(=O)CN1C(=O)[C@H]2CC[C@@H]1CN(c1cccc(C(F)(F)F)n1)C2. The number of amides is 2. The first-order valence-electron chi connectivity index (χ1n) is 8.46. The largest absolute Gasteiger partial charge is 0.433 e. The number of aromatic nitrogens is 1. The number of likely N-dealkylation sites (N-methyl/N-ethyl adjacent to an activating group) is 1. The Morgan fingerprint density at radius 1 is 1.27 bits per heavy atom. The number of carbonyl (C=O) groups is 2. The molecule has 3 aliphatic heterocycles. The minimum absolute atomic E-state index is 0.00312. The number of piperidine rings is 1. The molecule has 0 aliphatic carbocycles. The van der Waals surface area contributed by atoms with Crippen molar-refractivity contribution in [2.24, 2.45) is 5.92 Å². The third-order valence-corrected chi connectivity index (χ3v) is 4.95. The van der Waals surface area contributed by atoms with Gasteiger partial charge in [-0.3, -0.25) is 9.59 Å². The van der Waals surface area contributed by atoms with Crippen LogP contribution >= 0.6 is 0 Å². The average molecular weight is 370 g/mol. The number of rotatable bonds is 3. The van der Waals surface area contributed by atoms with Gasteiger partial charge in [0.2, 0.25) is 11.8 Å². The molecule has 142 valence electrons. The number of fused-ring (bicyclic) bond motifs is 4. The minimum Gasteiger partial charge on any atom is -0.354 e. The lowest BCUT2D eigenvalue weighted by atomic mass is 9.94. The van der Waals surface area contributed by atoms with Gasteiger partial charge in [-0.15, -0.1) is 0 Å². The summed E-state index contributed by atoms with van der Waals surface area (Å²) in [6.45, 7) is 0.685. The lowest BCUT2D eigenvalue weighted by molar-refractivity contribution is -0.145. The molecule has 9 heteroatoms. The number of nitrogens with zero attached hydrogens (tertiary/aromatic N) is 4. The van der Waals surface area contributed by atoms with Gasteiger partial charge >= 0.3 is 6.18 Å². The van der Waals surface area contributed by atoms with Gasteiger partial charge in [-0.05, 0) is 25.0 Å². The predicted octanol–water partition coefficient (Wildman–Crippen LogP) is 1.62. The highest BCUT2D eigenvalue weighted by Gasteiger charge is 2.42. The van der Waals surface area contributed by atoms with Crippen LogP contribution in [0.1, 0.15) is 18.5 Å². The summed E-state index contributed by atoms with van der Waals surface area (Å²) in [5, 5.41) is 0. The van der Waals surface area contributed by atoms with Gasteiger partial charge in [-0.1, -0.05) is 6.07 Å². The molecule has 6 nitrogen and oxygen atoms in total. The van der Waals surface area contributed by atoms with Crippen LogP contribution in [0.3, 0.4) is 0 Å². The fourth-order valence-corrected chi connectivity index (χ4v) is 3.48. The van der Waals surface area contributed by atoms with Gasteiger partial charge in [0.15, 0.2) is 0 Å². The maximum Gasteiger partial charge on any atom is 0.433 e.